The van der Waals surface area contributed by atoms with Crippen molar-refractivity contribution in [2.45, 2.75) is 25.7 Å². The van der Waals surface area contributed by atoms with Crippen LogP contribution in [0.25, 0.3) is 0 Å². The van der Waals surface area contributed by atoms with Crippen LogP contribution in [0.3, 0.4) is 0 Å². The highest BCUT2D eigenvalue weighted by Crippen LogP contribution is 2.22. The van der Waals surface area contributed by atoms with Crippen LogP contribution in [0.2, 0.25) is 0 Å². The summed E-state index contributed by atoms with van der Waals surface area (Å²) >= 11 is 0. The molecule has 3 nitrogen and oxygen atoms in total. The molecule has 92 valence electrons. The highest BCUT2D eigenvalue weighted by molar-refractivity contribution is 5.95. The van der Waals surface area contributed by atoms with Gasteiger partial charge in [0.25, 0.3) is 0 Å². The maximum atomic E-state index is 13.6. The Bertz CT molecular complexity index is 418. The van der Waals surface area contributed by atoms with Crippen molar-refractivity contribution < 1.29 is 9.13 Å². The highest BCUT2D eigenvalue weighted by Gasteiger charge is 2.08. The average molecular weight is 236 g/mol. The lowest BCUT2D eigenvalue weighted by atomic mass is 10.2. The molecule has 1 aromatic rings. The zero-order chi connectivity index (χ0) is 12.1. The first-order valence-electron chi connectivity index (χ1n) is 5.93. The van der Waals surface area contributed by atoms with Crippen molar-refractivity contribution in [2.24, 2.45) is 4.99 Å². The molecule has 0 bridgehead atoms. The molecule has 1 aliphatic rings. The third-order valence-electron chi connectivity index (χ3n) is 2.83. The van der Waals surface area contributed by atoms with Gasteiger partial charge in [-0.05, 0) is 25.0 Å². The first-order valence-corrected chi connectivity index (χ1v) is 5.93. The fraction of sp³-hybridized carbons (Fsp3) is 0.462. The third kappa shape index (κ3) is 3.19. The molecule has 17 heavy (non-hydrogen) atoms. The molecule has 1 heterocycles. The van der Waals surface area contributed by atoms with Crippen LogP contribution in [0, 0.1) is 5.82 Å². The zero-order valence-electron chi connectivity index (χ0n) is 10.0. The van der Waals surface area contributed by atoms with Crippen LogP contribution in [0.1, 0.15) is 25.7 Å². The molecule has 0 spiro atoms. The second-order valence-electron chi connectivity index (χ2n) is 4.11. The molecule has 0 fully saturated rings. The molecule has 0 saturated heterocycles. The smallest absolute Gasteiger partial charge is 0.146 e. The molecule has 1 aliphatic heterocycles. The molecule has 1 N–H and O–H groups in total. The van der Waals surface area contributed by atoms with Crippen LogP contribution in [-0.2, 0) is 0 Å². The molecule has 0 saturated carbocycles. The first-order chi connectivity index (χ1) is 8.29. The number of benzene rings is 1. The van der Waals surface area contributed by atoms with E-state index in [0.717, 1.165) is 31.6 Å². The summed E-state index contributed by atoms with van der Waals surface area (Å²) in [5.41, 5.74) is 0.435. The summed E-state index contributed by atoms with van der Waals surface area (Å²) in [5.74, 6) is 1.23. The van der Waals surface area contributed by atoms with Gasteiger partial charge in [0.2, 0.25) is 0 Å². The van der Waals surface area contributed by atoms with Gasteiger partial charge in [0.05, 0.1) is 12.8 Å². The minimum Gasteiger partial charge on any atom is -0.497 e. The van der Waals surface area contributed by atoms with Gasteiger partial charge in [-0.25, -0.2) is 4.39 Å². The minimum absolute atomic E-state index is 0.280. The lowest BCUT2D eigenvalue weighted by molar-refractivity contribution is 0.414. The Morgan fingerprint density at radius 1 is 1.29 bits per heavy atom. The summed E-state index contributed by atoms with van der Waals surface area (Å²) in [5, 5.41) is 3.06. The Balaban J connectivity index is 2.13. The summed E-state index contributed by atoms with van der Waals surface area (Å²) in [6, 6.07) is 4.66. The first kappa shape index (κ1) is 11.9. The Kier molecular flexibility index (Phi) is 3.96. The van der Waals surface area contributed by atoms with Crippen LogP contribution < -0.4 is 10.1 Å². The number of rotatable bonds is 2. The standard InChI is InChI=1S/C13H17FN2O/c1-17-10-6-7-11(14)12(9-10)16-13-5-3-2-4-8-15-13/h6-7,9H,2-5,8H2,1H3,(H,15,16). The number of halogens is 1. The number of methoxy groups -OCH3 is 1. The molecule has 0 amide bonds. The number of aliphatic imine (C=N–C) groups is 1. The molecule has 0 radical (unpaired) electrons. The number of amidine groups is 1. The summed E-state index contributed by atoms with van der Waals surface area (Å²) < 4.78 is 18.7. The van der Waals surface area contributed by atoms with Crippen LogP contribution in [-0.4, -0.2) is 19.5 Å². The second kappa shape index (κ2) is 5.66. The maximum Gasteiger partial charge on any atom is 0.146 e. The van der Waals surface area contributed by atoms with E-state index in [1.807, 2.05) is 0 Å². The van der Waals surface area contributed by atoms with Gasteiger partial charge in [0.1, 0.15) is 17.4 Å². The van der Waals surface area contributed by atoms with E-state index in [1.165, 1.54) is 12.5 Å². The Morgan fingerprint density at radius 3 is 3.00 bits per heavy atom. The monoisotopic (exact) mass is 236 g/mol. The Labute approximate surface area is 101 Å². The van der Waals surface area contributed by atoms with E-state index < -0.39 is 0 Å². The van der Waals surface area contributed by atoms with Crippen LogP contribution in [0.5, 0.6) is 5.75 Å². The SMILES string of the molecule is COc1ccc(F)c(NC2=NCCCCC2)c1. The number of hydrogen-bond acceptors (Lipinski definition) is 3. The lowest BCUT2D eigenvalue weighted by Gasteiger charge is -2.10. The van der Waals surface area contributed by atoms with Crippen LogP contribution >= 0.6 is 0 Å². The zero-order valence-corrected chi connectivity index (χ0v) is 10.0. The molecule has 2 rings (SSSR count). The lowest BCUT2D eigenvalue weighted by Crippen LogP contribution is -2.12. The van der Waals surface area contributed by atoms with Gasteiger partial charge in [-0.1, -0.05) is 6.42 Å². The van der Waals surface area contributed by atoms with Crippen molar-refractivity contribution >= 4 is 11.5 Å². The second-order valence-corrected chi connectivity index (χ2v) is 4.11. The molecule has 0 aromatic heterocycles. The normalized spacial score (nSPS) is 16.0. The van der Waals surface area contributed by atoms with Crippen molar-refractivity contribution in [1.82, 2.24) is 0 Å². The molecule has 0 unspecified atom stereocenters. The van der Waals surface area contributed by atoms with Gasteiger partial charge in [-0.2, -0.15) is 0 Å². The number of ether oxygens (including phenoxy) is 1. The number of nitrogens with zero attached hydrogens (tertiary/aromatic N) is 1. The Morgan fingerprint density at radius 2 is 2.18 bits per heavy atom. The number of nitrogens with one attached hydrogen (secondary N) is 1. The van der Waals surface area contributed by atoms with E-state index in [-0.39, 0.29) is 5.82 Å². The summed E-state index contributed by atoms with van der Waals surface area (Å²) in [6.07, 6.45) is 4.30. The van der Waals surface area contributed by atoms with Gasteiger partial charge in [-0.3, -0.25) is 4.99 Å². The minimum atomic E-state index is -0.280. The third-order valence-corrected chi connectivity index (χ3v) is 2.83. The maximum absolute atomic E-state index is 13.6. The van der Waals surface area contributed by atoms with E-state index in [1.54, 1.807) is 19.2 Å². The van der Waals surface area contributed by atoms with E-state index in [2.05, 4.69) is 10.3 Å². The van der Waals surface area contributed by atoms with Crippen molar-refractivity contribution in [1.29, 1.82) is 0 Å². The molecule has 0 aliphatic carbocycles. The van der Waals surface area contributed by atoms with Crippen molar-refractivity contribution in [3.05, 3.63) is 24.0 Å². The quantitative estimate of drug-likeness (QED) is 0.855. The van der Waals surface area contributed by atoms with Crippen molar-refractivity contribution in [2.75, 3.05) is 19.0 Å². The largest absolute Gasteiger partial charge is 0.497 e. The van der Waals surface area contributed by atoms with Gasteiger partial charge < -0.3 is 10.1 Å². The number of anilines is 1. The predicted molar refractivity (Wildman–Crippen MR) is 67.3 cm³/mol. The van der Waals surface area contributed by atoms with E-state index in [9.17, 15) is 4.39 Å². The van der Waals surface area contributed by atoms with E-state index in [4.69, 9.17) is 4.74 Å². The topological polar surface area (TPSA) is 33.6 Å². The Hall–Kier alpha value is -1.58. The van der Waals surface area contributed by atoms with E-state index in [0.29, 0.717) is 11.4 Å². The van der Waals surface area contributed by atoms with Gasteiger partial charge >= 0.3 is 0 Å². The molecular formula is C13H17FN2O. The van der Waals surface area contributed by atoms with Crippen molar-refractivity contribution in [3.63, 3.8) is 0 Å². The molecule has 1 aromatic carbocycles. The summed E-state index contributed by atoms with van der Waals surface area (Å²) in [7, 11) is 1.57. The number of hydrogen-bond donors (Lipinski definition) is 1. The molecular weight excluding hydrogens is 219 g/mol. The molecule has 0 atom stereocenters. The summed E-state index contributed by atoms with van der Waals surface area (Å²) in [4.78, 5) is 4.41. The van der Waals surface area contributed by atoms with Gasteiger partial charge in [-0.15, -0.1) is 0 Å². The van der Waals surface area contributed by atoms with Gasteiger partial charge in [0, 0.05) is 19.0 Å². The van der Waals surface area contributed by atoms with Crippen LogP contribution in [0.4, 0.5) is 10.1 Å². The predicted octanol–water partition coefficient (Wildman–Crippen LogP) is 3.22. The van der Waals surface area contributed by atoms with Gasteiger partial charge in [0.15, 0.2) is 0 Å². The van der Waals surface area contributed by atoms with Crippen LogP contribution in [0.15, 0.2) is 23.2 Å². The fourth-order valence-corrected chi connectivity index (χ4v) is 1.86. The average Bonchev–Trinajstić information content (AvgIpc) is 2.60. The fourth-order valence-electron chi connectivity index (χ4n) is 1.86. The molecule has 4 heteroatoms. The van der Waals surface area contributed by atoms with Crippen molar-refractivity contribution in [3.8, 4) is 5.75 Å². The van der Waals surface area contributed by atoms with E-state index >= 15 is 0 Å². The summed E-state index contributed by atoms with van der Waals surface area (Å²) in [6.45, 7) is 0.827. The highest BCUT2D eigenvalue weighted by atomic mass is 19.1.